The molecular formula is C9H22O4P2. The summed E-state index contributed by atoms with van der Waals surface area (Å²) in [7, 11) is 4.45. The summed E-state index contributed by atoms with van der Waals surface area (Å²) in [5, 5.41) is 0. The van der Waals surface area contributed by atoms with Crippen molar-refractivity contribution in [2.75, 3.05) is 19.8 Å². The van der Waals surface area contributed by atoms with E-state index in [1.807, 2.05) is 20.8 Å². The van der Waals surface area contributed by atoms with Crippen LogP contribution in [-0.4, -0.2) is 38.1 Å². The molecule has 0 aliphatic heterocycles. The Labute approximate surface area is 96.9 Å². The van der Waals surface area contributed by atoms with Gasteiger partial charge in [0.15, 0.2) is 0 Å². The Balaban J connectivity index is 3.37. The van der Waals surface area contributed by atoms with Gasteiger partial charge in [-0.15, -0.1) is 0 Å². The van der Waals surface area contributed by atoms with Crippen LogP contribution in [-0.2, 0) is 18.5 Å². The van der Waals surface area contributed by atoms with E-state index in [1.165, 1.54) is 0 Å². The number of hydrogen-bond acceptors (Lipinski definition) is 4. The van der Waals surface area contributed by atoms with E-state index in [-0.39, 0.29) is 18.3 Å². The molecule has 6 heteroatoms. The van der Waals surface area contributed by atoms with Gasteiger partial charge in [-0.3, -0.25) is 0 Å². The van der Waals surface area contributed by atoms with Crippen molar-refractivity contribution < 1.29 is 18.5 Å². The molecule has 0 N–H and O–H groups in total. The molecule has 0 aliphatic rings. The Morgan fingerprint density at radius 1 is 0.800 bits per heavy atom. The second kappa shape index (κ2) is 9.89. The molecule has 0 spiro atoms. The molecule has 0 radical (unpaired) electrons. The molecule has 0 aromatic carbocycles. The van der Waals surface area contributed by atoms with Crippen molar-refractivity contribution in [2.24, 2.45) is 0 Å². The Kier molecular flexibility index (Phi) is 10.4. The van der Waals surface area contributed by atoms with Gasteiger partial charge in [-0.1, -0.05) is 0 Å². The van der Waals surface area contributed by atoms with Crippen LogP contribution in [0.25, 0.3) is 0 Å². The van der Waals surface area contributed by atoms with Crippen LogP contribution in [0.3, 0.4) is 0 Å². The monoisotopic (exact) mass is 256 g/mol. The number of ether oxygens (including phenoxy) is 2. The van der Waals surface area contributed by atoms with Gasteiger partial charge in [0.2, 0.25) is 0 Å². The van der Waals surface area contributed by atoms with Crippen LogP contribution >= 0.6 is 18.9 Å². The van der Waals surface area contributed by atoms with E-state index >= 15 is 0 Å². The molecule has 15 heavy (non-hydrogen) atoms. The van der Waals surface area contributed by atoms with Crippen molar-refractivity contribution in [3.8, 4) is 0 Å². The highest BCUT2D eigenvalue weighted by molar-refractivity contribution is 7.10. The third kappa shape index (κ3) is 9.62. The first kappa shape index (κ1) is 15.7. The van der Waals surface area contributed by atoms with Crippen molar-refractivity contribution >= 4 is 18.9 Å². The molecule has 0 saturated carbocycles. The third-order valence-corrected chi connectivity index (χ3v) is 2.71. The van der Waals surface area contributed by atoms with Crippen molar-refractivity contribution in [3.05, 3.63) is 0 Å². The summed E-state index contributed by atoms with van der Waals surface area (Å²) in [5.41, 5.74) is 0. The van der Waals surface area contributed by atoms with E-state index in [2.05, 4.69) is 18.9 Å². The molecule has 92 valence electrons. The fourth-order valence-electron chi connectivity index (χ4n) is 0.826. The highest BCUT2D eigenvalue weighted by Gasteiger charge is 2.07. The Morgan fingerprint density at radius 2 is 1.27 bits per heavy atom. The van der Waals surface area contributed by atoms with Gasteiger partial charge in [-0.2, -0.15) is 0 Å². The summed E-state index contributed by atoms with van der Waals surface area (Å²) in [6.07, 6.45) is 0.257. The number of rotatable bonds is 9. The molecule has 0 heterocycles. The van der Waals surface area contributed by atoms with Crippen LogP contribution in [0.5, 0.6) is 0 Å². The molecular weight excluding hydrogens is 234 g/mol. The van der Waals surface area contributed by atoms with Crippen molar-refractivity contribution in [2.45, 2.75) is 39.1 Å². The van der Waals surface area contributed by atoms with Crippen molar-refractivity contribution in [3.63, 3.8) is 0 Å². The Hall–Kier alpha value is 0.700. The maximum absolute atomic E-state index is 5.50. The molecule has 0 amide bonds. The fraction of sp³-hybridized carbons (Fsp3) is 1.00. The zero-order valence-corrected chi connectivity index (χ0v) is 12.0. The van der Waals surface area contributed by atoms with Crippen molar-refractivity contribution in [1.82, 2.24) is 0 Å². The normalized spacial score (nSPS) is 17.4. The summed E-state index contributed by atoms with van der Waals surface area (Å²) in [4.78, 5) is 0. The molecule has 0 aliphatic carbocycles. The number of hydrogen-bond donors (Lipinski definition) is 0. The Morgan fingerprint density at radius 3 is 1.80 bits per heavy atom. The van der Waals surface area contributed by atoms with E-state index in [4.69, 9.17) is 18.5 Å². The maximum Gasteiger partial charge on any atom is 0.0816 e. The molecule has 5 unspecified atom stereocenters. The lowest BCUT2D eigenvalue weighted by Gasteiger charge is -2.17. The fourth-order valence-corrected chi connectivity index (χ4v) is 0.984. The van der Waals surface area contributed by atoms with E-state index in [0.29, 0.717) is 19.8 Å². The largest absolute Gasteiger partial charge is 0.376 e. The van der Waals surface area contributed by atoms with Crippen LogP contribution < -0.4 is 0 Å². The minimum atomic E-state index is 0.0734. The van der Waals surface area contributed by atoms with Crippen molar-refractivity contribution in [1.29, 1.82) is 0 Å². The summed E-state index contributed by atoms with van der Waals surface area (Å²) in [6, 6.07) is 0. The Bertz CT molecular complexity index is 148. The minimum absolute atomic E-state index is 0.0734. The molecule has 5 atom stereocenters. The highest BCUT2D eigenvalue weighted by atomic mass is 31.0. The van der Waals surface area contributed by atoms with Crippen LogP contribution in [0, 0.1) is 0 Å². The van der Waals surface area contributed by atoms with E-state index < -0.39 is 0 Å². The molecule has 0 aromatic heterocycles. The van der Waals surface area contributed by atoms with Gasteiger partial charge in [0.05, 0.1) is 38.1 Å². The molecule has 0 bridgehead atoms. The zero-order chi connectivity index (χ0) is 11.7. The van der Waals surface area contributed by atoms with Crippen LogP contribution in [0.15, 0.2) is 0 Å². The van der Waals surface area contributed by atoms with Gasteiger partial charge in [0.1, 0.15) is 0 Å². The second-order valence-corrected chi connectivity index (χ2v) is 4.12. The smallest absolute Gasteiger partial charge is 0.0816 e. The van der Waals surface area contributed by atoms with Gasteiger partial charge in [-0.25, -0.2) is 0 Å². The molecule has 0 saturated heterocycles. The predicted molar refractivity (Wildman–Crippen MR) is 66.7 cm³/mol. The lowest BCUT2D eigenvalue weighted by molar-refractivity contribution is -0.0394. The van der Waals surface area contributed by atoms with Gasteiger partial charge in [-0.05, 0) is 20.8 Å². The standard InChI is InChI=1S/C9H22O4P2/c1-7(11-6-9(3)13-15)4-10-5-8(2)12-14/h7-9H,4-6,14-15H2,1-3H3. The summed E-state index contributed by atoms with van der Waals surface area (Å²) in [5.74, 6) is 0. The minimum Gasteiger partial charge on any atom is -0.376 e. The first-order chi connectivity index (χ1) is 7.10. The van der Waals surface area contributed by atoms with E-state index in [9.17, 15) is 0 Å². The average Bonchev–Trinajstić information content (AvgIpc) is 2.25. The topological polar surface area (TPSA) is 36.9 Å². The first-order valence-electron chi connectivity index (χ1n) is 5.00. The first-order valence-corrected chi connectivity index (χ1v) is 5.94. The van der Waals surface area contributed by atoms with Gasteiger partial charge >= 0.3 is 0 Å². The molecule has 0 aromatic rings. The second-order valence-electron chi connectivity index (χ2n) is 3.57. The highest BCUT2D eigenvalue weighted by Crippen LogP contribution is 2.02. The SMILES string of the molecule is CC(COCC(C)OCC(C)OP)OP. The quantitative estimate of drug-likeness (QED) is 0.589. The molecule has 0 fully saturated rings. The zero-order valence-electron chi connectivity index (χ0n) is 9.64. The summed E-state index contributed by atoms with van der Waals surface area (Å²) >= 11 is 0. The van der Waals surface area contributed by atoms with Gasteiger partial charge in [0.25, 0.3) is 0 Å². The molecule has 4 nitrogen and oxygen atoms in total. The van der Waals surface area contributed by atoms with Crippen LogP contribution in [0.4, 0.5) is 0 Å². The van der Waals surface area contributed by atoms with E-state index in [1.54, 1.807) is 0 Å². The summed E-state index contributed by atoms with van der Waals surface area (Å²) in [6.45, 7) is 7.59. The van der Waals surface area contributed by atoms with Crippen LogP contribution in [0.2, 0.25) is 0 Å². The van der Waals surface area contributed by atoms with Gasteiger partial charge in [0, 0.05) is 18.9 Å². The predicted octanol–water partition coefficient (Wildman–Crippen LogP) is 1.80. The lowest BCUT2D eigenvalue weighted by atomic mass is 10.4. The van der Waals surface area contributed by atoms with Crippen LogP contribution in [0.1, 0.15) is 20.8 Å². The average molecular weight is 256 g/mol. The summed E-state index contributed by atoms with van der Waals surface area (Å²) < 4.78 is 20.9. The lowest BCUT2D eigenvalue weighted by Crippen LogP contribution is -2.23. The maximum atomic E-state index is 5.50. The molecule has 0 rings (SSSR count). The van der Waals surface area contributed by atoms with Gasteiger partial charge < -0.3 is 18.5 Å². The van der Waals surface area contributed by atoms with E-state index in [0.717, 1.165) is 0 Å². The third-order valence-electron chi connectivity index (χ3n) is 1.79.